The average molecular weight is 291 g/mol. The van der Waals surface area contributed by atoms with Crippen LogP contribution in [0, 0.1) is 6.92 Å². The number of likely N-dealkylation sites (N-methyl/N-ethyl adjacent to an activating group) is 1. The number of amides is 2. The van der Waals surface area contributed by atoms with E-state index < -0.39 is 5.97 Å². The second-order valence-electron chi connectivity index (χ2n) is 5.43. The molecule has 1 aliphatic carbocycles. The molecule has 0 atom stereocenters. The quantitative estimate of drug-likeness (QED) is 0.748. The van der Waals surface area contributed by atoms with Crippen LogP contribution in [0.15, 0.2) is 18.2 Å². The number of carboxylic acids is 1. The Kier molecular flexibility index (Phi) is 4.80. The lowest BCUT2D eigenvalue weighted by Gasteiger charge is -2.16. The molecule has 0 heterocycles. The largest absolute Gasteiger partial charge is 0.478 e. The van der Waals surface area contributed by atoms with Gasteiger partial charge in [-0.1, -0.05) is 0 Å². The second-order valence-corrected chi connectivity index (χ2v) is 5.43. The number of hydrogen-bond acceptors (Lipinski definition) is 3. The number of aryl methyl sites for hydroxylation is 1. The minimum atomic E-state index is -0.966. The third-order valence-electron chi connectivity index (χ3n) is 3.63. The van der Waals surface area contributed by atoms with E-state index in [2.05, 4.69) is 22.6 Å². The van der Waals surface area contributed by atoms with E-state index in [0.717, 1.165) is 6.54 Å². The fourth-order valence-electron chi connectivity index (χ4n) is 2.20. The van der Waals surface area contributed by atoms with Crippen molar-refractivity contribution in [3.05, 3.63) is 29.3 Å². The molecule has 114 valence electrons. The molecule has 1 saturated carbocycles. The Morgan fingerprint density at radius 2 is 2.10 bits per heavy atom. The molecule has 0 aliphatic heterocycles. The van der Waals surface area contributed by atoms with E-state index in [-0.39, 0.29) is 11.6 Å². The van der Waals surface area contributed by atoms with Crippen molar-refractivity contribution in [3.8, 4) is 0 Å². The molecule has 1 aromatic carbocycles. The van der Waals surface area contributed by atoms with Gasteiger partial charge in [-0.3, -0.25) is 0 Å². The summed E-state index contributed by atoms with van der Waals surface area (Å²) in [5.74, 6) is -0.966. The monoisotopic (exact) mass is 291 g/mol. The minimum absolute atomic E-state index is 0.243. The Hall–Kier alpha value is -2.08. The SMILES string of the molecule is Cc1cc(NC(=O)NCCN(C)C2CC2)ccc1C(=O)O. The predicted molar refractivity (Wildman–Crippen MR) is 80.8 cm³/mol. The van der Waals surface area contributed by atoms with Gasteiger partial charge in [0.25, 0.3) is 0 Å². The molecule has 0 bridgehead atoms. The molecule has 0 spiro atoms. The van der Waals surface area contributed by atoms with Gasteiger partial charge in [-0.05, 0) is 50.6 Å². The zero-order valence-corrected chi connectivity index (χ0v) is 12.3. The van der Waals surface area contributed by atoms with Crippen LogP contribution in [0.4, 0.5) is 10.5 Å². The van der Waals surface area contributed by atoms with Crippen LogP contribution in [0.5, 0.6) is 0 Å². The molecule has 6 heteroatoms. The lowest BCUT2D eigenvalue weighted by Crippen LogP contribution is -2.36. The van der Waals surface area contributed by atoms with Crippen molar-refractivity contribution in [1.82, 2.24) is 10.2 Å². The van der Waals surface area contributed by atoms with E-state index in [4.69, 9.17) is 5.11 Å². The molecule has 3 N–H and O–H groups in total. The van der Waals surface area contributed by atoms with Crippen LogP contribution in [0.25, 0.3) is 0 Å². The number of carbonyl (C=O) groups excluding carboxylic acids is 1. The third-order valence-corrected chi connectivity index (χ3v) is 3.63. The van der Waals surface area contributed by atoms with E-state index in [1.165, 1.54) is 18.9 Å². The first-order valence-corrected chi connectivity index (χ1v) is 7.06. The Bertz CT molecular complexity index is 541. The first-order valence-electron chi connectivity index (χ1n) is 7.06. The van der Waals surface area contributed by atoms with E-state index in [0.29, 0.717) is 23.8 Å². The fraction of sp³-hybridized carbons (Fsp3) is 0.467. The number of anilines is 1. The molecule has 6 nitrogen and oxygen atoms in total. The summed E-state index contributed by atoms with van der Waals surface area (Å²) in [5.41, 5.74) is 1.45. The Balaban J connectivity index is 1.79. The first-order chi connectivity index (χ1) is 9.97. The van der Waals surface area contributed by atoms with Crippen LogP contribution in [-0.2, 0) is 0 Å². The highest BCUT2D eigenvalue weighted by atomic mass is 16.4. The zero-order chi connectivity index (χ0) is 15.4. The van der Waals surface area contributed by atoms with Gasteiger partial charge in [0.05, 0.1) is 5.56 Å². The van der Waals surface area contributed by atoms with Gasteiger partial charge < -0.3 is 20.6 Å². The molecule has 0 unspecified atom stereocenters. The number of carbonyl (C=O) groups is 2. The van der Waals surface area contributed by atoms with Gasteiger partial charge in [0, 0.05) is 24.8 Å². The van der Waals surface area contributed by atoms with Crippen molar-refractivity contribution in [1.29, 1.82) is 0 Å². The van der Waals surface area contributed by atoms with Crippen LogP contribution in [-0.4, -0.2) is 48.2 Å². The molecule has 2 amide bonds. The molecule has 2 rings (SSSR count). The van der Waals surface area contributed by atoms with Gasteiger partial charge >= 0.3 is 12.0 Å². The van der Waals surface area contributed by atoms with Crippen molar-refractivity contribution in [2.75, 3.05) is 25.5 Å². The van der Waals surface area contributed by atoms with E-state index in [9.17, 15) is 9.59 Å². The molecule has 1 aliphatic rings. The molecule has 21 heavy (non-hydrogen) atoms. The summed E-state index contributed by atoms with van der Waals surface area (Å²) in [6, 6.07) is 5.14. The van der Waals surface area contributed by atoms with Crippen molar-refractivity contribution in [2.24, 2.45) is 0 Å². The van der Waals surface area contributed by atoms with Crippen LogP contribution >= 0.6 is 0 Å². The van der Waals surface area contributed by atoms with Crippen LogP contribution < -0.4 is 10.6 Å². The summed E-state index contributed by atoms with van der Waals surface area (Å²) in [6.45, 7) is 3.12. The van der Waals surface area contributed by atoms with Gasteiger partial charge in [-0.15, -0.1) is 0 Å². The highest BCUT2D eigenvalue weighted by Gasteiger charge is 2.25. The number of benzene rings is 1. The van der Waals surface area contributed by atoms with Gasteiger partial charge in [0.1, 0.15) is 0 Å². The van der Waals surface area contributed by atoms with Crippen LogP contribution in [0.2, 0.25) is 0 Å². The maximum absolute atomic E-state index is 11.8. The normalized spacial score (nSPS) is 14.0. The fourth-order valence-corrected chi connectivity index (χ4v) is 2.20. The molecular formula is C15H21N3O3. The highest BCUT2D eigenvalue weighted by Crippen LogP contribution is 2.24. The minimum Gasteiger partial charge on any atom is -0.478 e. The molecule has 1 aromatic rings. The summed E-state index contributed by atoms with van der Waals surface area (Å²) in [5, 5.41) is 14.5. The third kappa shape index (κ3) is 4.46. The summed E-state index contributed by atoms with van der Waals surface area (Å²) in [4.78, 5) is 24.9. The molecule has 0 aromatic heterocycles. The summed E-state index contributed by atoms with van der Waals surface area (Å²) >= 11 is 0. The Labute approximate surface area is 124 Å². The smallest absolute Gasteiger partial charge is 0.335 e. The first kappa shape index (κ1) is 15.3. The maximum Gasteiger partial charge on any atom is 0.335 e. The summed E-state index contributed by atoms with van der Waals surface area (Å²) < 4.78 is 0. The van der Waals surface area contributed by atoms with Gasteiger partial charge in [0.15, 0.2) is 0 Å². The topological polar surface area (TPSA) is 81.7 Å². The van der Waals surface area contributed by atoms with Gasteiger partial charge in [-0.2, -0.15) is 0 Å². The second kappa shape index (κ2) is 6.58. The Morgan fingerprint density at radius 1 is 1.38 bits per heavy atom. The van der Waals surface area contributed by atoms with Gasteiger partial charge in [-0.25, -0.2) is 9.59 Å². The average Bonchev–Trinajstić information content (AvgIpc) is 3.22. The summed E-state index contributed by atoms with van der Waals surface area (Å²) in [7, 11) is 2.06. The number of hydrogen-bond donors (Lipinski definition) is 3. The number of aromatic carboxylic acids is 1. The lowest BCUT2D eigenvalue weighted by atomic mass is 10.1. The number of carboxylic acid groups (broad SMARTS) is 1. The van der Waals surface area contributed by atoms with Crippen LogP contribution in [0.3, 0.4) is 0 Å². The van der Waals surface area contributed by atoms with E-state index >= 15 is 0 Å². The van der Waals surface area contributed by atoms with Crippen molar-refractivity contribution >= 4 is 17.7 Å². The van der Waals surface area contributed by atoms with Gasteiger partial charge in [0.2, 0.25) is 0 Å². The number of nitrogens with zero attached hydrogens (tertiary/aromatic N) is 1. The standard InChI is InChI=1S/C15H21N3O3/c1-10-9-11(3-6-13(10)14(19)20)17-15(21)16-7-8-18(2)12-4-5-12/h3,6,9,12H,4-5,7-8H2,1-2H3,(H,19,20)(H2,16,17,21). The molecule has 1 fully saturated rings. The number of nitrogens with one attached hydrogen (secondary N) is 2. The maximum atomic E-state index is 11.8. The Morgan fingerprint density at radius 3 is 2.67 bits per heavy atom. The molecule has 0 saturated heterocycles. The number of urea groups is 1. The number of rotatable bonds is 6. The predicted octanol–water partition coefficient (Wildman–Crippen LogP) is 1.91. The molecular weight excluding hydrogens is 270 g/mol. The van der Waals surface area contributed by atoms with Crippen molar-refractivity contribution in [2.45, 2.75) is 25.8 Å². The zero-order valence-electron chi connectivity index (χ0n) is 12.3. The van der Waals surface area contributed by atoms with E-state index in [1.807, 2.05) is 0 Å². The summed E-state index contributed by atoms with van der Waals surface area (Å²) in [6.07, 6.45) is 2.50. The van der Waals surface area contributed by atoms with E-state index in [1.54, 1.807) is 19.1 Å². The highest BCUT2D eigenvalue weighted by molar-refractivity contribution is 5.92. The van der Waals surface area contributed by atoms with Crippen molar-refractivity contribution in [3.63, 3.8) is 0 Å². The molecule has 0 radical (unpaired) electrons. The lowest BCUT2D eigenvalue weighted by molar-refractivity contribution is 0.0696. The van der Waals surface area contributed by atoms with Crippen molar-refractivity contribution < 1.29 is 14.7 Å². The van der Waals surface area contributed by atoms with Crippen LogP contribution in [0.1, 0.15) is 28.8 Å².